The van der Waals surface area contributed by atoms with Crippen LogP contribution in [0.5, 0.6) is 11.5 Å². The second-order valence-electron chi connectivity index (χ2n) is 7.72. The van der Waals surface area contributed by atoms with E-state index in [1.807, 2.05) is 13.0 Å². The number of nitrogens with one attached hydrogen (secondary N) is 1. The van der Waals surface area contributed by atoms with Crippen molar-refractivity contribution in [2.45, 2.75) is 18.7 Å². The number of rotatable bonds is 9. The SMILES string of the molecule is CCOc1ccc(N(CC(=O)Nc2ccc3sncc3c2)S(=O)(=O)c2cc(C)ccc2OC)cc1. The summed E-state index contributed by atoms with van der Waals surface area (Å²) >= 11 is 1.36. The Morgan fingerprint density at radius 2 is 1.86 bits per heavy atom. The largest absolute Gasteiger partial charge is 0.495 e. The maximum atomic E-state index is 13.8. The molecule has 35 heavy (non-hydrogen) atoms. The number of benzene rings is 3. The fraction of sp³-hybridized carbons (Fsp3) is 0.200. The Morgan fingerprint density at radius 1 is 1.09 bits per heavy atom. The van der Waals surface area contributed by atoms with Crippen molar-refractivity contribution >= 4 is 48.9 Å². The lowest BCUT2D eigenvalue weighted by atomic mass is 10.2. The van der Waals surface area contributed by atoms with Crippen LogP contribution in [0.4, 0.5) is 11.4 Å². The van der Waals surface area contributed by atoms with Gasteiger partial charge in [-0.15, -0.1) is 0 Å². The Hall–Kier alpha value is -3.63. The summed E-state index contributed by atoms with van der Waals surface area (Å²) in [5.74, 6) is 0.308. The zero-order valence-corrected chi connectivity index (χ0v) is 21.2. The average molecular weight is 512 g/mol. The molecule has 1 N–H and O–H groups in total. The van der Waals surface area contributed by atoms with Crippen LogP contribution in [0.1, 0.15) is 12.5 Å². The molecule has 1 amide bonds. The zero-order chi connectivity index (χ0) is 25.0. The number of methoxy groups -OCH3 is 1. The minimum Gasteiger partial charge on any atom is -0.495 e. The second kappa shape index (κ2) is 10.3. The van der Waals surface area contributed by atoms with Gasteiger partial charge in [-0.3, -0.25) is 9.10 Å². The van der Waals surface area contributed by atoms with Gasteiger partial charge in [-0.05, 0) is 85.5 Å². The van der Waals surface area contributed by atoms with Gasteiger partial charge in [0.15, 0.2) is 0 Å². The summed E-state index contributed by atoms with van der Waals surface area (Å²) in [4.78, 5) is 13.0. The Bertz CT molecular complexity index is 1450. The summed E-state index contributed by atoms with van der Waals surface area (Å²) < 4.78 is 44.7. The standard InChI is InChI=1S/C25H25N3O5S2/c1-4-33-21-9-7-20(8-10-21)28(35(30,31)24-13-17(2)5-11-22(24)32-3)16-25(29)27-19-6-12-23-18(14-19)15-26-34-23/h5-15H,4,16H2,1-3H3,(H,27,29). The quantitative estimate of drug-likeness (QED) is 0.345. The maximum Gasteiger partial charge on any atom is 0.268 e. The van der Waals surface area contributed by atoms with Gasteiger partial charge in [0.2, 0.25) is 5.91 Å². The lowest BCUT2D eigenvalue weighted by Gasteiger charge is -2.25. The molecular weight excluding hydrogens is 486 g/mol. The molecule has 10 heteroatoms. The van der Waals surface area contributed by atoms with Crippen molar-refractivity contribution in [1.82, 2.24) is 4.37 Å². The minimum absolute atomic E-state index is 0.0209. The third-order valence-electron chi connectivity index (χ3n) is 5.25. The predicted molar refractivity (Wildman–Crippen MR) is 138 cm³/mol. The van der Waals surface area contributed by atoms with E-state index < -0.39 is 22.5 Å². The summed E-state index contributed by atoms with van der Waals surface area (Å²) in [7, 11) is -2.75. The fourth-order valence-electron chi connectivity index (χ4n) is 3.58. The van der Waals surface area contributed by atoms with Crippen LogP contribution in [-0.4, -0.2) is 39.0 Å². The summed E-state index contributed by atoms with van der Waals surface area (Å²) in [6, 6.07) is 16.9. The summed E-state index contributed by atoms with van der Waals surface area (Å²) in [6.45, 7) is 3.70. The van der Waals surface area contributed by atoms with Crippen molar-refractivity contribution in [2.75, 3.05) is 29.9 Å². The number of carbonyl (C=O) groups is 1. The topological polar surface area (TPSA) is 97.8 Å². The Labute approximate surface area is 208 Å². The monoisotopic (exact) mass is 511 g/mol. The molecule has 0 atom stereocenters. The number of nitrogens with zero attached hydrogens (tertiary/aromatic N) is 2. The van der Waals surface area contributed by atoms with Crippen molar-refractivity contribution in [3.8, 4) is 11.5 Å². The molecule has 0 spiro atoms. The van der Waals surface area contributed by atoms with E-state index in [4.69, 9.17) is 9.47 Å². The number of fused-ring (bicyclic) bond motifs is 1. The van der Waals surface area contributed by atoms with Crippen LogP contribution in [0.3, 0.4) is 0 Å². The number of hydrogen-bond acceptors (Lipinski definition) is 7. The highest BCUT2D eigenvalue weighted by atomic mass is 32.2. The molecule has 1 heterocycles. The number of amides is 1. The first-order chi connectivity index (χ1) is 16.8. The third-order valence-corrected chi connectivity index (χ3v) is 7.82. The van der Waals surface area contributed by atoms with Gasteiger partial charge in [-0.2, -0.15) is 4.37 Å². The predicted octanol–water partition coefficient (Wildman–Crippen LogP) is 4.85. The summed E-state index contributed by atoms with van der Waals surface area (Å²) in [5.41, 5.74) is 1.63. The molecule has 4 aromatic rings. The van der Waals surface area contributed by atoms with Crippen molar-refractivity contribution in [3.63, 3.8) is 0 Å². The summed E-state index contributed by atoms with van der Waals surface area (Å²) in [5, 5.41) is 3.69. The molecule has 0 aliphatic heterocycles. The fourth-order valence-corrected chi connectivity index (χ4v) is 5.87. The molecule has 0 fully saturated rings. The average Bonchev–Trinajstić information content (AvgIpc) is 3.31. The lowest BCUT2D eigenvalue weighted by Crippen LogP contribution is -2.38. The van der Waals surface area contributed by atoms with Gasteiger partial charge < -0.3 is 14.8 Å². The van der Waals surface area contributed by atoms with E-state index in [1.54, 1.807) is 61.7 Å². The molecule has 0 bridgehead atoms. The molecule has 0 saturated carbocycles. The van der Waals surface area contributed by atoms with Crippen LogP contribution < -0.4 is 19.1 Å². The highest BCUT2D eigenvalue weighted by molar-refractivity contribution is 7.93. The Balaban J connectivity index is 1.69. The van der Waals surface area contributed by atoms with E-state index in [1.165, 1.54) is 24.7 Å². The molecule has 182 valence electrons. The van der Waals surface area contributed by atoms with Crippen LogP contribution >= 0.6 is 11.5 Å². The second-order valence-corrected chi connectivity index (χ2v) is 10.4. The number of aryl methyl sites for hydroxylation is 1. The molecule has 0 radical (unpaired) electrons. The first-order valence-corrected chi connectivity index (χ1v) is 13.1. The number of carbonyl (C=O) groups excluding carboxylic acids is 1. The van der Waals surface area contributed by atoms with Crippen LogP contribution in [-0.2, 0) is 14.8 Å². The molecule has 4 rings (SSSR count). The number of sulfonamides is 1. The first kappa shape index (κ1) is 24.5. The van der Waals surface area contributed by atoms with Gasteiger partial charge in [-0.25, -0.2) is 8.42 Å². The zero-order valence-electron chi connectivity index (χ0n) is 19.5. The normalized spacial score (nSPS) is 11.3. The van der Waals surface area contributed by atoms with E-state index in [0.717, 1.165) is 20.0 Å². The van der Waals surface area contributed by atoms with Gasteiger partial charge >= 0.3 is 0 Å². The van der Waals surface area contributed by atoms with Crippen LogP contribution in [0.15, 0.2) is 71.8 Å². The lowest BCUT2D eigenvalue weighted by molar-refractivity contribution is -0.114. The molecule has 0 aliphatic carbocycles. The van der Waals surface area contributed by atoms with E-state index in [2.05, 4.69) is 9.69 Å². The molecular formula is C25H25N3O5S2. The molecule has 0 aliphatic rings. The van der Waals surface area contributed by atoms with Crippen molar-refractivity contribution in [2.24, 2.45) is 0 Å². The Kier molecular flexibility index (Phi) is 7.23. The van der Waals surface area contributed by atoms with Gasteiger partial charge in [-0.1, -0.05) is 6.07 Å². The van der Waals surface area contributed by atoms with Crippen LogP contribution in [0.25, 0.3) is 10.1 Å². The van der Waals surface area contributed by atoms with Gasteiger partial charge in [0, 0.05) is 17.3 Å². The number of aromatic nitrogens is 1. The number of hydrogen-bond donors (Lipinski definition) is 1. The highest BCUT2D eigenvalue weighted by Crippen LogP contribution is 2.32. The highest BCUT2D eigenvalue weighted by Gasteiger charge is 2.30. The molecule has 0 saturated heterocycles. The molecule has 8 nitrogen and oxygen atoms in total. The Morgan fingerprint density at radius 3 is 2.57 bits per heavy atom. The van der Waals surface area contributed by atoms with E-state index >= 15 is 0 Å². The van der Waals surface area contributed by atoms with E-state index in [9.17, 15) is 13.2 Å². The number of ether oxygens (including phenoxy) is 2. The number of anilines is 2. The van der Waals surface area contributed by atoms with Crippen LogP contribution in [0, 0.1) is 6.92 Å². The van der Waals surface area contributed by atoms with Gasteiger partial charge in [0.1, 0.15) is 22.9 Å². The molecule has 1 aromatic heterocycles. The third kappa shape index (κ3) is 5.39. The van der Waals surface area contributed by atoms with Gasteiger partial charge in [0.05, 0.1) is 24.1 Å². The van der Waals surface area contributed by atoms with Crippen molar-refractivity contribution in [1.29, 1.82) is 0 Å². The molecule has 0 unspecified atom stereocenters. The van der Waals surface area contributed by atoms with E-state index in [0.29, 0.717) is 23.7 Å². The maximum absolute atomic E-state index is 13.8. The minimum atomic E-state index is -4.16. The van der Waals surface area contributed by atoms with Crippen molar-refractivity contribution in [3.05, 3.63) is 72.4 Å². The van der Waals surface area contributed by atoms with E-state index in [-0.39, 0.29) is 10.6 Å². The first-order valence-electron chi connectivity index (χ1n) is 10.9. The van der Waals surface area contributed by atoms with Crippen LogP contribution in [0.2, 0.25) is 0 Å². The van der Waals surface area contributed by atoms with Crippen molar-refractivity contribution < 1.29 is 22.7 Å². The smallest absolute Gasteiger partial charge is 0.268 e. The molecule has 3 aromatic carbocycles. The van der Waals surface area contributed by atoms with Gasteiger partial charge in [0.25, 0.3) is 10.0 Å². The summed E-state index contributed by atoms with van der Waals surface area (Å²) in [6.07, 6.45) is 1.72.